The summed E-state index contributed by atoms with van der Waals surface area (Å²) in [6, 6.07) is 12.5. The highest BCUT2D eigenvalue weighted by atomic mass is 32.1. The Morgan fingerprint density at radius 2 is 2.08 bits per heavy atom. The third kappa shape index (κ3) is 4.12. The smallest absolute Gasteiger partial charge is 0.227 e. The quantitative estimate of drug-likeness (QED) is 0.640. The van der Waals surface area contributed by atoms with Gasteiger partial charge in [0.1, 0.15) is 5.76 Å². The van der Waals surface area contributed by atoms with E-state index in [9.17, 15) is 0 Å². The highest BCUT2D eigenvalue weighted by Gasteiger charge is 2.15. The van der Waals surface area contributed by atoms with Crippen molar-refractivity contribution in [3.05, 3.63) is 64.2 Å². The van der Waals surface area contributed by atoms with Crippen LogP contribution < -0.4 is 5.32 Å². The van der Waals surface area contributed by atoms with E-state index >= 15 is 0 Å². The molecule has 0 aliphatic rings. The molecule has 2 N–H and O–H groups in total. The largest absolute Gasteiger partial charge is 0.441 e. The van der Waals surface area contributed by atoms with Gasteiger partial charge in [-0.1, -0.05) is 30.3 Å². The summed E-state index contributed by atoms with van der Waals surface area (Å²) in [6.07, 6.45) is 1.65. The Labute approximate surface area is 146 Å². The molecule has 0 aliphatic carbocycles. The van der Waals surface area contributed by atoms with Gasteiger partial charge in [-0.15, -0.1) is 0 Å². The molecule has 3 rings (SSSR count). The number of hydrogen-bond acceptors (Lipinski definition) is 5. The van der Waals surface area contributed by atoms with Crippen LogP contribution in [0.5, 0.6) is 0 Å². The number of benzene rings is 1. The van der Waals surface area contributed by atoms with Crippen molar-refractivity contribution in [2.45, 2.75) is 32.4 Å². The molecule has 5 heteroatoms. The second-order valence-corrected chi connectivity index (χ2v) is 6.52. The fourth-order valence-electron chi connectivity index (χ4n) is 2.69. The van der Waals surface area contributed by atoms with Gasteiger partial charge in [0.25, 0.3) is 0 Å². The number of aryl methyl sites for hydroxylation is 1. The van der Waals surface area contributed by atoms with Gasteiger partial charge in [0.2, 0.25) is 5.89 Å². The minimum atomic E-state index is 0.194. The van der Waals surface area contributed by atoms with Crippen LogP contribution in [0.2, 0.25) is 0 Å². The fourth-order valence-corrected chi connectivity index (χ4v) is 3.32. The number of aliphatic hydroxyl groups is 1. The first kappa shape index (κ1) is 16.9. The van der Waals surface area contributed by atoms with Crippen LogP contribution in [0.1, 0.15) is 35.9 Å². The molecular formula is C19H22N2O2S. The van der Waals surface area contributed by atoms with E-state index in [4.69, 9.17) is 9.52 Å². The number of nitrogens with one attached hydrogen (secondary N) is 1. The van der Waals surface area contributed by atoms with Crippen LogP contribution in [-0.2, 0) is 6.54 Å². The number of aromatic nitrogens is 1. The minimum Gasteiger partial charge on any atom is -0.441 e. The van der Waals surface area contributed by atoms with E-state index in [1.807, 2.05) is 41.9 Å². The molecule has 4 nitrogen and oxygen atoms in total. The van der Waals surface area contributed by atoms with Crippen molar-refractivity contribution in [3.8, 4) is 11.5 Å². The second-order valence-electron chi connectivity index (χ2n) is 5.74. The summed E-state index contributed by atoms with van der Waals surface area (Å²) in [5.74, 6) is 1.52. The molecule has 0 aliphatic heterocycles. The maximum Gasteiger partial charge on any atom is 0.227 e. The molecule has 0 radical (unpaired) electrons. The molecule has 0 bridgehead atoms. The number of hydrogen-bond donors (Lipinski definition) is 2. The molecule has 3 aromatic rings. The Hall–Kier alpha value is -1.95. The predicted octanol–water partition coefficient (Wildman–Crippen LogP) is 4.31. The Morgan fingerprint density at radius 3 is 2.79 bits per heavy atom. The zero-order valence-electron chi connectivity index (χ0n) is 13.7. The Morgan fingerprint density at radius 1 is 1.25 bits per heavy atom. The number of thiophene rings is 1. The first-order valence-corrected chi connectivity index (χ1v) is 9.10. The van der Waals surface area contributed by atoms with E-state index in [2.05, 4.69) is 22.4 Å². The van der Waals surface area contributed by atoms with E-state index in [0.717, 1.165) is 29.9 Å². The molecule has 0 saturated heterocycles. The van der Waals surface area contributed by atoms with Crippen LogP contribution in [0.15, 0.2) is 51.6 Å². The van der Waals surface area contributed by atoms with Crippen molar-refractivity contribution in [1.29, 1.82) is 0 Å². The zero-order valence-corrected chi connectivity index (χ0v) is 14.6. The number of oxazole rings is 1. The first-order valence-electron chi connectivity index (χ1n) is 8.16. The van der Waals surface area contributed by atoms with Gasteiger partial charge < -0.3 is 14.8 Å². The lowest BCUT2D eigenvalue weighted by Crippen LogP contribution is -2.21. The molecular weight excluding hydrogens is 320 g/mol. The summed E-state index contributed by atoms with van der Waals surface area (Å²) < 4.78 is 5.79. The molecule has 0 amide bonds. The van der Waals surface area contributed by atoms with E-state index in [1.165, 1.54) is 5.56 Å². The Bertz CT molecular complexity index is 738. The zero-order chi connectivity index (χ0) is 16.8. The monoisotopic (exact) mass is 342 g/mol. The van der Waals surface area contributed by atoms with Crippen LogP contribution in [0.25, 0.3) is 11.5 Å². The van der Waals surface area contributed by atoms with E-state index < -0.39 is 0 Å². The van der Waals surface area contributed by atoms with Crippen LogP contribution >= 0.6 is 11.3 Å². The third-order valence-electron chi connectivity index (χ3n) is 4.03. The number of aliphatic hydroxyl groups excluding tert-OH is 1. The number of rotatable bonds is 8. The van der Waals surface area contributed by atoms with E-state index in [1.54, 1.807) is 11.3 Å². The molecule has 126 valence electrons. The normalized spacial score (nSPS) is 12.4. The molecule has 2 aromatic heterocycles. The first-order chi connectivity index (χ1) is 11.8. The average Bonchev–Trinajstić information content (AvgIpc) is 3.26. The molecule has 0 spiro atoms. The van der Waals surface area contributed by atoms with Crippen LogP contribution in [-0.4, -0.2) is 16.7 Å². The summed E-state index contributed by atoms with van der Waals surface area (Å²) in [7, 11) is 0. The SMILES string of the molecule is Cc1oc(-c2ccsc2)nc1CNC(CCCO)c1ccccc1. The fraction of sp³-hybridized carbons (Fsp3) is 0.316. The summed E-state index contributed by atoms with van der Waals surface area (Å²) in [5, 5.41) is 16.8. The van der Waals surface area contributed by atoms with Crippen molar-refractivity contribution in [2.24, 2.45) is 0 Å². The van der Waals surface area contributed by atoms with Gasteiger partial charge in [-0.25, -0.2) is 4.98 Å². The van der Waals surface area contributed by atoms with Crippen molar-refractivity contribution < 1.29 is 9.52 Å². The highest BCUT2D eigenvalue weighted by Crippen LogP contribution is 2.25. The van der Waals surface area contributed by atoms with Crippen LogP contribution in [0, 0.1) is 6.92 Å². The van der Waals surface area contributed by atoms with Crippen LogP contribution in [0.4, 0.5) is 0 Å². The third-order valence-corrected chi connectivity index (χ3v) is 4.71. The lowest BCUT2D eigenvalue weighted by atomic mass is 10.0. The highest BCUT2D eigenvalue weighted by molar-refractivity contribution is 7.08. The number of nitrogens with zero attached hydrogens (tertiary/aromatic N) is 1. The van der Waals surface area contributed by atoms with Gasteiger partial charge in [0, 0.05) is 30.1 Å². The van der Waals surface area contributed by atoms with Gasteiger partial charge in [-0.3, -0.25) is 0 Å². The minimum absolute atomic E-state index is 0.194. The maximum atomic E-state index is 9.15. The molecule has 1 aromatic carbocycles. The van der Waals surface area contributed by atoms with Gasteiger partial charge in [-0.05, 0) is 36.8 Å². The summed E-state index contributed by atoms with van der Waals surface area (Å²) in [6.45, 7) is 2.80. The van der Waals surface area contributed by atoms with Gasteiger partial charge in [0.15, 0.2) is 0 Å². The Balaban J connectivity index is 1.70. The predicted molar refractivity (Wildman–Crippen MR) is 96.9 cm³/mol. The van der Waals surface area contributed by atoms with Crippen molar-refractivity contribution in [1.82, 2.24) is 10.3 Å². The molecule has 1 atom stereocenters. The summed E-state index contributed by atoms with van der Waals surface area (Å²) in [4.78, 5) is 4.63. The molecule has 2 heterocycles. The molecule has 1 unspecified atom stereocenters. The van der Waals surface area contributed by atoms with Crippen LogP contribution in [0.3, 0.4) is 0 Å². The standard InChI is InChI=1S/C19H22N2O2S/c1-14-18(21-19(23-14)16-9-11-24-13-16)12-20-17(8-5-10-22)15-6-3-2-4-7-15/h2-4,6-7,9,11,13,17,20,22H,5,8,10,12H2,1H3. The average molecular weight is 342 g/mol. The second kappa shape index (κ2) is 8.24. The van der Waals surface area contributed by atoms with E-state index in [-0.39, 0.29) is 12.6 Å². The van der Waals surface area contributed by atoms with Crippen molar-refractivity contribution in [3.63, 3.8) is 0 Å². The van der Waals surface area contributed by atoms with Crippen molar-refractivity contribution >= 4 is 11.3 Å². The lowest BCUT2D eigenvalue weighted by molar-refractivity contribution is 0.274. The van der Waals surface area contributed by atoms with Crippen molar-refractivity contribution in [2.75, 3.05) is 6.61 Å². The lowest BCUT2D eigenvalue weighted by Gasteiger charge is -2.18. The Kier molecular flexibility index (Phi) is 5.80. The maximum absolute atomic E-state index is 9.15. The molecule has 0 fully saturated rings. The van der Waals surface area contributed by atoms with Gasteiger partial charge in [-0.2, -0.15) is 11.3 Å². The summed E-state index contributed by atoms with van der Waals surface area (Å²) in [5.41, 5.74) is 3.18. The van der Waals surface area contributed by atoms with Gasteiger partial charge >= 0.3 is 0 Å². The van der Waals surface area contributed by atoms with Gasteiger partial charge in [0.05, 0.1) is 5.69 Å². The summed E-state index contributed by atoms with van der Waals surface area (Å²) >= 11 is 1.63. The molecule has 24 heavy (non-hydrogen) atoms. The molecule has 0 saturated carbocycles. The van der Waals surface area contributed by atoms with E-state index in [0.29, 0.717) is 12.4 Å². The topological polar surface area (TPSA) is 58.3 Å².